The third-order valence-corrected chi connectivity index (χ3v) is 5.25. The Balaban J connectivity index is 1.73. The lowest BCUT2D eigenvalue weighted by molar-refractivity contribution is 0.0668. The predicted octanol–water partition coefficient (Wildman–Crippen LogP) is 3.69. The van der Waals surface area contributed by atoms with Gasteiger partial charge in [0.25, 0.3) is 5.91 Å². The highest BCUT2D eigenvalue weighted by atomic mass is 32.1. The van der Waals surface area contributed by atoms with E-state index < -0.39 is 6.10 Å². The van der Waals surface area contributed by atoms with Gasteiger partial charge in [0.15, 0.2) is 0 Å². The Labute approximate surface area is 134 Å². The average molecular weight is 319 g/mol. The van der Waals surface area contributed by atoms with Crippen LogP contribution in [0.1, 0.15) is 52.1 Å². The fourth-order valence-corrected chi connectivity index (χ4v) is 3.93. The molecule has 22 heavy (non-hydrogen) atoms. The highest BCUT2D eigenvalue weighted by Crippen LogP contribution is 2.31. The molecule has 2 aromatic heterocycles. The summed E-state index contributed by atoms with van der Waals surface area (Å²) in [5.74, 6) is 1.46. The number of thiophene rings is 1. The standard InChI is InChI=1S/C17H21NO3S/c1-11-9-14(12(2)21-11)17(20)18-7-3-5-13(18)10-15(19)16-6-4-8-22-16/h4,6,8-9,13,15,19H,3,5,7,10H2,1-2H3. The number of nitrogens with zero attached hydrogens (tertiary/aromatic N) is 1. The topological polar surface area (TPSA) is 53.7 Å². The Morgan fingerprint density at radius 3 is 3.00 bits per heavy atom. The Hall–Kier alpha value is -1.59. The van der Waals surface area contributed by atoms with Gasteiger partial charge >= 0.3 is 0 Å². The molecular weight excluding hydrogens is 298 g/mol. The lowest BCUT2D eigenvalue weighted by Gasteiger charge is -2.26. The van der Waals surface area contributed by atoms with Crippen LogP contribution in [-0.4, -0.2) is 28.5 Å². The molecule has 2 unspecified atom stereocenters. The Kier molecular flexibility index (Phi) is 4.36. The largest absolute Gasteiger partial charge is 0.466 e. The molecule has 0 radical (unpaired) electrons. The van der Waals surface area contributed by atoms with E-state index in [1.54, 1.807) is 11.3 Å². The number of carbonyl (C=O) groups excluding carboxylic acids is 1. The van der Waals surface area contributed by atoms with E-state index in [1.165, 1.54) is 0 Å². The van der Waals surface area contributed by atoms with Crippen molar-refractivity contribution >= 4 is 17.2 Å². The Morgan fingerprint density at radius 1 is 1.55 bits per heavy atom. The van der Waals surface area contributed by atoms with Gasteiger partial charge in [0.1, 0.15) is 11.5 Å². The van der Waals surface area contributed by atoms with Crippen molar-refractivity contribution in [3.8, 4) is 0 Å². The van der Waals surface area contributed by atoms with Crippen LogP contribution in [0.5, 0.6) is 0 Å². The number of hydrogen-bond donors (Lipinski definition) is 1. The maximum absolute atomic E-state index is 12.7. The fourth-order valence-electron chi connectivity index (χ4n) is 3.20. The first kappa shape index (κ1) is 15.3. The number of aliphatic hydroxyl groups is 1. The van der Waals surface area contributed by atoms with Crippen LogP contribution in [0.2, 0.25) is 0 Å². The number of furan rings is 1. The van der Waals surface area contributed by atoms with E-state index in [0.717, 1.165) is 30.0 Å². The SMILES string of the molecule is Cc1cc(C(=O)N2CCCC2CC(O)c2cccs2)c(C)o1. The maximum atomic E-state index is 12.7. The number of rotatable bonds is 4. The zero-order valence-electron chi connectivity index (χ0n) is 12.9. The van der Waals surface area contributed by atoms with Crippen LogP contribution in [-0.2, 0) is 0 Å². The maximum Gasteiger partial charge on any atom is 0.257 e. The molecular formula is C17H21NO3S. The van der Waals surface area contributed by atoms with E-state index >= 15 is 0 Å². The number of aliphatic hydroxyl groups excluding tert-OH is 1. The van der Waals surface area contributed by atoms with Gasteiger partial charge in [-0.15, -0.1) is 11.3 Å². The van der Waals surface area contributed by atoms with E-state index in [2.05, 4.69) is 0 Å². The van der Waals surface area contributed by atoms with E-state index in [0.29, 0.717) is 17.7 Å². The summed E-state index contributed by atoms with van der Waals surface area (Å²) < 4.78 is 5.48. The van der Waals surface area contributed by atoms with Gasteiger partial charge in [-0.2, -0.15) is 0 Å². The summed E-state index contributed by atoms with van der Waals surface area (Å²) in [5.41, 5.74) is 0.648. The van der Waals surface area contributed by atoms with Crippen LogP contribution in [0.3, 0.4) is 0 Å². The van der Waals surface area contributed by atoms with Crippen LogP contribution in [0.25, 0.3) is 0 Å². The van der Waals surface area contributed by atoms with Crippen LogP contribution in [0.4, 0.5) is 0 Å². The molecule has 2 aromatic rings. The first-order chi connectivity index (χ1) is 10.6. The van der Waals surface area contributed by atoms with Gasteiger partial charge in [0, 0.05) is 17.5 Å². The number of amides is 1. The normalized spacial score (nSPS) is 19.6. The minimum absolute atomic E-state index is 0.0234. The number of likely N-dealkylation sites (tertiary alicyclic amines) is 1. The summed E-state index contributed by atoms with van der Waals surface area (Å²) in [7, 11) is 0. The third kappa shape index (κ3) is 2.96. The number of carbonyl (C=O) groups is 1. The summed E-state index contributed by atoms with van der Waals surface area (Å²) in [4.78, 5) is 15.6. The predicted molar refractivity (Wildman–Crippen MR) is 86.1 cm³/mol. The van der Waals surface area contributed by atoms with Crippen molar-refractivity contribution in [3.63, 3.8) is 0 Å². The van der Waals surface area contributed by atoms with Crippen molar-refractivity contribution in [2.24, 2.45) is 0 Å². The van der Waals surface area contributed by atoms with E-state index in [1.807, 2.05) is 42.3 Å². The van der Waals surface area contributed by atoms with E-state index in [-0.39, 0.29) is 11.9 Å². The van der Waals surface area contributed by atoms with Gasteiger partial charge in [-0.25, -0.2) is 0 Å². The molecule has 1 aliphatic heterocycles. The first-order valence-electron chi connectivity index (χ1n) is 7.65. The molecule has 3 heterocycles. The molecule has 1 N–H and O–H groups in total. The third-order valence-electron chi connectivity index (χ3n) is 4.28. The smallest absolute Gasteiger partial charge is 0.257 e. The minimum Gasteiger partial charge on any atom is -0.466 e. The van der Waals surface area contributed by atoms with Crippen molar-refractivity contribution in [3.05, 3.63) is 45.5 Å². The molecule has 1 aliphatic rings. The lowest BCUT2D eigenvalue weighted by Crippen LogP contribution is -2.36. The van der Waals surface area contributed by atoms with Crippen molar-refractivity contribution in [1.29, 1.82) is 0 Å². The monoisotopic (exact) mass is 319 g/mol. The highest BCUT2D eigenvalue weighted by Gasteiger charge is 2.32. The second-order valence-electron chi connectivity index (χ2n) is 5.89. The molecule has 0 bridgehead atoms. The van der Waals surface area contributed by atoms with E-state index in [9.17, 15) is 9.90 Å². The van der Waals surface area contributed by atoms with Crippen LogP contribution in [0.15, 0.2) is 28.0 Å². The van der Waals surface area contributed by atoms with Gasteiger partial charge in [0.2, 0.25) is 0 Å². The molecule has 3 rings (SSSR count). The van der Waals surface area contributed by atoms with Gasteiger partial charge < -0.3 is 14.4 Å². The average Bonchev–Trinajstić information content (AvgIpc) is 3.19. The van der Waals surface area contributed by atoms with Gasteiger partial charge in [0.05, 0.1) is 11.7 Å². The highest BCUT2D eigenvalue weighted by molar-refractivity contribution is 7.10. The minimum atomic E-state index is -0.495. The second kappa shape index (κ2) is 6.26. The van der Waals surface area contributed by atoms with E-state index in [4.69, 9.17) is 4.42 Å². The molecule has 118 valence electrons. The van der Waals surface area contributed by atoms with Crippen molar-refractivity contribution in [2.45, 2.75) is 45.3 Å². The summed E-state index contributed by atoms with van der Waals surface area (Å²) in [5, 5.41) is 12.3. The molecule has 0 aromatic carbocycles. The molecule has 5 heteroatoms. The molecule has 0 aliphatic carbocycles. The van der Waals surface area contributed by atoms with Crippen LogP contribution in [0, 0.1) is 13.8 Å². The second-order valence-corrected chi connectivity index (χ2v) is 6.87. The molecule has 1 fully saturated rings. The Bertz CT molecular complexity index is 647. The van der Waals surface area contributed by atoms with Crippen LogP contribution < -0.4 is 0 Å². The number of hydrogen-bond acceptors (Lipinski definition) is 4. The van der Waals surface area contributed by atoms with Gasteiger partial charge in [-0.05, 0) is 50.6 Å². The number of aryl methyl sites for hydroxylation is 2. The fraction of sp³-hybridized carbons (Fsp3) is 0.471. The molecule has 2 atom stereocenters. The Morgan fingerprint density at radius 2 is 2.36 bits per heavy atom. The summed E-state index contributed by atoms with van der Waals surface area (Å²) in [6, 6.07) is 5.79. The quantitative estimate of drug-likeness (QED) is 0.935. The lowest BCUT2D eigenvalue weighted by atomic mass is 10.0. The molecule has 1 saturated heterocycles. The first-order valence-corrected chi connectivity index (χ1v) is 8.53. The summed E-state index contributed by atoms with van der Waals surface area (Å²) in [6.07, 6.45) is 2.04. The van der Waals surface area contributed by atoms with Gasteiger partial charge in [-0.3, -0.25) is 4.79 Å². The van der Waals surface area contributed by atoms with Crippen molar-refractivity contribution < 1.29 is 14.3 Å². The zero-order valence-corrected chi connectivity index (χ0v) is 13.7. The summed E-state index contributed by atoms with van der Waals surface area (Å²) >= 11 is 1.56. The van der Waals surface area contributed by atoms with Gasteiger partial charge in [-0.1, -0.05) is 6.07 Å². The summed E-state index contributed by atoms with van der Waals surface area (Å²) in [6.45, 7) is 4.43. The van der Waals surface area contributed by atoms with Crippen molar-refractivity contribution in [2.75, 3.05) is 6.54 Å². The molecule has 0 saturated carbocycles. The molecule has 0 spiro atoms. The zero-order chi connectivity index (χ0) is 15.7. The molecule has 1 amide bonds. The van der Waals surface area contributed by atoms with Crippen LogP contribution >= 0.6 is 11.3 Å². The molecule has 4 nitrogen and oxygen atoms in total. The van der Waals surface area contributed by atoms with Crippen molar-refractivity contribution in [1.82, 2.24) is 4.90 Å².